The highest BCUT2D eigenvalue weighted by molar-refractivity contribution is 6.30. The van der Waals surface area contributed by atoms with Gasteiger partial charge in [0, 0.05) is 18.0 Å². The number of nitrogens with two attached hydrogens (primary N) is 1. The van der Waals surface area contributed by atoms with Crippen LogP contribution in [0.4, 0.5) is 4.39 Å². The maximum Gasteiger partial charge on any atom is 0.146 e. The minimum absolute atomic E-state index is 0.0137. The molecule has 0 saturated heterocycles. The molecule has 0 aliphatic rings. The average molecular weight is 292 g/mol. The molecular formula is C16H15ClFNO. The van der Waals surface area contributed by atoms with Gasteiger partial charge >= 0.3 is 0 Å². The van der Waals surface area contributed by atoms with E-state index in [4.69, 9.17) is 17.3 Å². The van der Waals surface area contributed by atoms with Gasteiger partial charge in [0.15, 0.2) is 0 Å². The van der Waals surface area contributed by atoms with E-state index in [1.807, 2.05) is 30.3 Å². The van der Waals surface area contributed by atoms with Gasteiger partial charge in [-0.25, -0.2) is 4.39 Å². The van der Waals surface area contributed by atoms with Crippen molar-refractivity contribution in [2.45, 2.75) is 12.3 Å². The molecular weight excluding hydrogens is 277 g/mol. The van der Waals surface area contributed by atoms with Crippen LogP contribution >= 0.6 is 11.6 Å². The van der Waals surface area contributed by atoms with Crippen molar-refractivity contribution >= 4 is 17.4 Å². The van der Waals surface area contributed by atoms with Crippen molar-refractivity contribution in [2.24, 2.45) is 5.73 Å². The van der Waals surface area contributed by atoms with Gasteiger partial charge in [-0.2, -0.15) is 0 Å². The zero-order valence-corrected chi connectivity index (χ0v) is 11.6. The van der Waals surface area contributed by atoms with E-state index < -0.39 is 11.7 Å². The van der Waals surface area contributed by atoms with E-state index in [-0.39, 0.29) is 18.7 Å². The van der Waals surface area contributed by atoms with Crippen LogP contribution in [0.1, 0.15) is 17.0 Å². The van der Waals surface area contributed by atoms with E-state index >= 15 is 0 Å². The van der Waals surface area contributed by atoms with Crippen LogP contribution in [-0.4, -0.2) is 12.3 Å². The Bertz CT molecular complexity index is 601. The van der Waals surface area contributed by atoms with E-state index in [1.165, 1.54) is 12.1 Å². The van der Waals surface area contributed by atoms with Gasteiger partial charge < -0.3 is 5.73 Å². The molecule has 0 amide bonds. The number of rotatable bonds is 5. The fourth-order valence-corrected chi connectivity index (χ4v) is 2.27. The molecule has 104 valence electrons. The second-order valence-corrected chi connectivity index (χ2v) is 5.01. The smallest absolute Gasteiger partial charge is 0.146 e. The molecule has 2 nitrogen and oxygen atoms in total. The van der Waals surface area contributed by atoms with Crippen LogP contribution < -0.4 is 5.73 Å². The van der Waals surface area contributed by atoms with Gasteiger partial charge in [0.2, 0.25) is 0 Å². The largest absolute Gasteiger partial charge is 0.329 e. The molecule has 2 N–H and O–H groups in total. The molecule has 20 heavy (non-hydrogen) atoms. The van der Waals surface area contributed by atoms with E-state index in [2.05, 4.69) is 0 Å². The standard InChI is InChI=1S/C16H15ClFNO/c17-13-7-6-12(15(18)9-13)8-16(20)14(10-19)11-4-2-1-3-5-11/h1-7,9,14H,8,10,19H2. The van der Waals surface area contributed by atoms with Crippen LogP contribution in [0, 0.1) is 5.82 Å². The molecule has 0 fully saturated rings. The summed E-state index contributed by atoms with van der Waals surface area (Å²) in [6.07, 6.45) is 0.0137. The topological polar surface area (TPSA) is 43.1 Å². The van der Waals surface area contributed by atoms with Gasteiger partial charge in [0.05, 0.1) is 5.92 Å². The summed E-state index contributed by atoms with van der Waals surface area (Å²) in [5, 5.41) is 0.317. The minimum Gasteiger partial charge on any atom is -0.329 e. The Hall–Kier alpha value is -1.71. The number of benzene rings is 2. The van der Waals surface area contributed by atoms with Crippen molar-refractivity contribution in [3.05, 3.63) is 70.5 Å². The van der Waals surface area contributed by atoms with E-state index in [0.29, 0.717) is 10.6 Å². The van der Waals surface area contributed by atoms with Crippen LogP contribution in [0.2, 0.25) is 5.02 Å². The number of carbonyl (C=O) groups excluding carboxylic acids is 1. The lowest BCUT2D eigenvalue weighted by Crippen LogP contribution is -2.23. The van der Waals surface area contributed by atoms with E-state index in [9.17, 15) is 9.18 Å². The van der Waals surface area contributed by atoms with Crippen LogP contribution in [0.3, 0.4) is 0 Å². The molecule has 0 bridgehead atoms. The Morgan fingerprint density at radius 3 is 2.50 bits per heavy atom. The molecule has 2 aromatic carbocycles. The summed E-state index contributed by atoms with van der Waals surface area (Å²) in [4.78, 5) is 12.3. The molecule has 0 saturated carbocycles. The van der Waals surface area contributed by atoms with Crippen LogP contribution in [0.25, 0.3) is 0 Å². The van der Waals surface area contributed by atoms with Crippen molar-refractivity contribution in [1.82, 2.24) is 0 Å². The van der Waals surface area contributed by atoms with Crippen LogP contribution in [0.5, 0.6) is 0 Å². The zero-order valence-electron chi connectivity index (χ0n) is 10.9. The van der Waals surface area contributed by atoms with Crippen molar-refractivity contribution in [3.8, 4) is 0 Å². The molecule has 0 aliphatic carbocycles. The number of hydrogen-bond donors (Lipinski definition) is 1. The third-order valence-electron chi connectivity index (χ3n) is 3.21. The normalized spacial score (nSPS) is 12.2. The van der Waals surface area contributed by atoms with Gasteiger partial charge in [0.1, 0.15) is 11.6 Å². The Labute approximate surface area is 122 Å². The summed E-state index contributed by atoms with van der Waals surface area (Å²) in [5.74, 6) is -0.971. The number of ketones is 1. The molecule has 0 spiro atoms. The fourth-order valence-electron chi connectivity index (χ4n) is 2.11. The third-order valence-corrected chi connectivity index (χ3v) is 3.44. The second-order valence-electron chi connectivity index (χ2n) is 4.58. The van der Waals surface area contributed by atoms with Crippen molar-refractivity contribution in [1.29, 1.82) is 0 Å². The molecule has 1 unspecified atom stereocenters. The predicted molar refractivity (Wildman–Crippen MR) is 78.4 cm³/mol. The summed E-state index contributed by atoms with van der Waals surface area (Å²) in [6.45, 7) is 0.206. The summed E-state index contributed by atoms with van der Waals surface area (Å²) < 4.78 is 13.7. The van der Waals surface area contributed by atoms with Crippen molar-refractivity contribution in [3.63, 3.8) is 0 Å². The van der Waals surface area contributed by atoms with Gasteiger partial charge in [-0.3, -0.25) is 4.79 Å². The Morgan fingerprint density at radius 2 is 1.90 bits per heavy atom. The minimum atomic E-state index is -0.463. The first-order valence-electron chi connectivity index (χ1n) is 6.33. The second kappa shape index (κ2) is 6.64. The van der Waals surface area contributed by atoms with Crippen molar-refractivity contribution in [2.75, 3.05) is 6.54 Å². The molecule has 0 aliphatic heterocycles. The Morgan fingerprint density at radius 1 is 1.20 bits per heavy atom. The number of halogens is 2. The highest BCUT2D eigenvalue weighted by Gasteiger charge is 2.20. The van der Waals surface area contributed by atoms with Gasteiger partial charge in [-0.05, 0) is 23.3 Å². The van der Waals surface area contributed by atoms with Gasteiger partial charge in [-0.1, -0.05) is 48.0 Å². The molecule has 2 aromatic rings. The van der Waals surface area contributed by atoms with Gasteiger partial charge in [0.25, 0.3) is 0 Å². The lowest BCUT2D eigenvalue weighted by atomic mass is 9.91. The Balaban J connectivity index is 2.18. The summed E-state index contributed by atoms with van der Waals surface area (Å²) in [5.41, 5.74) is 6.88. The summed E-state index contributed by atoms with van der Waals surface area (Å²) >= 11 is 5.69. The average Bonchev–Trinajstić information content (AvgIpc) is 2.44. The van der Waals surface area contributed by atoms with E-state index in [1.54, 1.807) is 6.07 Å². The fraction of sp³-hybridized carbons (Fsp3) is 0.188. The highest BCUT2D eigenvalue weighted by Crippen LogP contribution is 2.20. The maximum absolute atomic E-state index is 13.7. The first kappa shape index (κ1) is 14.7. The zero-order chi connectivity index (χ0) is 14.5. The van der Waals surface area contributed by atoms with Crippen LogP contribution in [0.15, 0.2) is 48.5 Å². The maximum atomic E-state index is 13.7. The van der Waals surface area contributed by atoms with Crippen molar-refractivity contribution < 1.29 is 9.18 Å². The summed E-state index contributed by atoms with van der Waals surface area (Å²) in [7, 11) is 0. The quantitative estimate of drug-likeness (QED) is 0.918. The first-order valence-corrected chi connectivity index (χ1v) is 6.71. The molecule has 0 heterocycles. The third kappa shape index (κ3) is 3.44. The lowest BCUT2D eigenvalue weighted by Gasteiger charge is -2.14. The number of hydrogen-bond acceptors (Lipinski definition) is 2. The number of Topliss-reactive ketones (excluding diaryl/α,β-unsaturated/α-hetero) is 1. The van der Waals surface area contributed by atoms with Crippen LogP contribution in [-0.2, 0) is 11.2 Å². The molecule has 4 heteroatoms. The SMILES string of the molecule is NCC(C(=O)Cc1ccc(Cl)cc1F)c1ccccc1. The van der Waals surface area contributed by atoms with Gasteiger partial charge in [-0.15, -0.1) is 0 Å². The van der Waals surface area contributed by atoms with E-state index in [0.717, 1.165) is 5.56 Å². The summed E-state index contributed by atoms with van der Waals surface area (Å²) in [6, 6.07) is 13.6. The molecule has 2 rings (SSSR count). The molecule has 0 radical (unpaired) electrons. The number of carbonyl (C=O) groups is 1. The predicted octanol–water partition coefficient (Wildman–Crippen LogP) is 3.33. The molecule has 0 aromatic heterocycles. The monoisotopic (exact) mass is 291 g/mol. The Kier molecular flexibility index (Phi) is 4.88. The lowest BCUT2D eigenvalue weighted by molar-refractivity contribution is -0.119. The highest BCUT2D eigenvalue weighted by atomic mass is 35.5. The first-order chi connectivity index (χ1) is 9.61. The molecule has 1 atom stereocenters.